The molecule has 102 valence electrons. The fourth-order valence-corrected chi connectivity index (χ4v) is 2.41. The van der Waals surface area contributed by atoms with Gasteiger partial charge in [0.1, 0.15) is 5.54 Å². The van der Waals surface area contributed by atoms with E-state index in [2.05, 4.69) is 21.2 Å². The molecule has 1 fully saturated rings. The molecule has 0 aromatic heterocycles. The summed E-state index contributed by atoms with van der Waals surface area (Å²) >= 11 is 3.37. The summed E-state index contributed by atoms with van der Waals surface area (Å²) in [5.74, 6) is -1.30. The Labute approximate surface area is 120 Å². The molecule has 0 spiro atoms. The SMILES string of the molecule is Cc1ccc(C(=O)NC(C)(C(=O)O)C2CC2)cc1Br. The van der Waals surface area contributed by atoms with Crippen molar-refractivity contribution in [2.45, 2.75) is 32.2 Å². The summed E-state index contributed by atoms with van der Waals surface area (Å²) in [6.45, 7) is 3.51. The Kier molecular flexibility index (Phi) is 3.67. The van der Waals surface area contributed by atoms with Gasteiger partial charge in [0.25, 0.3) is 5.91 Å². The van der Waals surface area contributed by atoms with Crippen LogP contribution in [0.25, 0.3) is 0 Å². The number of carbonyl (C=O) groups excluding carboxylic acids is 1. The molecule has 0 heterocycles. The van der Waals surface area contributed by atoms with Crippen molar-refractivity contribution in [1.82, 2.24) is 5.32 Å². The predicted molar refractivity (Wildman–Crippen MR) is 75.1 cm³/mol. The van der Waals surface area contributed by atoms with Crippen LogP contribution in [0.2, 0.25) is 0 Å². The zero-order valence-corrected chi connectivity index (χ0v) is 12.5. The van der Waals surface area contributed by atoms with E-state index in [9.17, 15) is 14.7 Å². The van der Waals surface area contributed by atoms with E-state index in [1.807, 2.05) is 13.0 Å². The number of carboxylic acids is 1. The molecule has 0 saturated heterocycles. The number of amides is 1. The molecule has 1 unspecified atom stereocenters. The molecular weight excluding hydrogens is 310 g/mol. The summed E-state index contributed by atoms with van der Waals surface area (Å²) in [6.07, 6.45) is 1.70. The molecular formula is C14H16BrNO3. The second-order valence-electron chi connectivity index (χ2n) is 5.20. The normalized spacial score (nSPS) is 17.6. The molecule has 1 aliphatic carbocycles. The monoisotopic (exact) mass is 325 g/mol. The maximum absolute atomic E-state index is 12.2. The van der Waals surface area contributed by atoms with E-state index in [-0.39, 0.29) is 11.8 Å². The highest BCUT2D eigenvalue weighted by molar-refractivity contribution is 9.10. The van der Waals surface area contributed by atoms with Crippen molar-refractivity contribution in [2.24, 2.45) is 5.92 Å². The minimum atomic E-state index is -1.17. The van der Waals surface area contributed by atoms with Gasteiger partial charge in [-0.1, -0.05) is 22.0 Å². The molecule has 0 radical (unpaired) electrons. The van der Waals surface area contributed by atoms with Crippen LogP contribution in [-0.2, 0) is 4.79 Å². The lowest BCUT2D eigenvalue weighted by Gasteiger charge is -2.26. The summed E-state index contributed by atoms with van der Waals surface area (Å²) in [5, 5.41) is 12.0. The van der Waals surface area contributed by atoms with Gasteiger partial charge in [0.2, 0.25) is 0 Å². The van der Waals surface area contributed by atoms with Crippen LogP contribution in [0.15, 0.2) is 22.7 Å². The lowest BCUT2D eigenvalue weighted by Crippen LogP contribution is -2.54. The first-order chi connectivity index (χ1) is 8.84. The van der Waals surface area contributed by atoms with Crippen molar-refractivity contribution in [3.63, 3.8) is 0 Å². The van der Waals surface area contributed by atoms with Crippen LogP contribution in [-0.4, -0.2) is 22.5 Å². The summed E-state index contributed by atoms with van der Waals surface area (Å²) in [5.41, 5.74) is 0.319. The van der Waals surface area contributed by atoms with Crippen LogP contribution in [0, 0.1) is 12.8 Å². The molecule has 1 amide bonds. The maximum atomic E-state index is 12.2. The van der Waals surface area contributed by atoms with Gasteiger partial charge in [-0.25, -0.2) is 4.79 Å². The van der Waals surface area contributed by atoms with Gasteiger partial charge in [0.15, 0.2) is 0 Å². The average Bonchev–Trinajstić information content (AvgIpc) is 3.16. The predicted octanol–water partition coefficient (Wildman–Crippen LogP) is 2.74. The number of rotatable bonds is 4. The standard InChI is InChI=1S/C14H16BrNO3/c1-8-3-4-9(7-11(8)15)12(17)16-14(2,13(18)19)10-5-6-10/h3-4,7,10H,5-6H2,1-2H3,(H,16,17)(H,18,19). The number of hydrogen-bond donors (Lipinski definition) is 2. The number of aryl methyl sites for hydroxylation is 1. The number of aliphatic carboxylic acids is 1. The van der Waals surface area contributed by atoms with Gasteiger partial charge >= 0.3 is 5.97 Å². The smallest absolute Gasteiger partial charge is 0.329 e. The summed E-state index contributed by atoms with van der Waals surface area (Å²) < 4.78 is 0.837. The number of benzene rings is 1. The molecule has 19 heavy (non-hydrogen) atoms. The fraction of sp³-hybridized carbons (Fsp3) is 0.429. The van der Waals surface area contributed by atoms with Crippen molar-refractivity contribution >= 4 is 27.8 Å². The molecule has 1 atom stereocenters. The Balaban J connectivity index is 2.20. The highest BCUT2D eigenvalue weighted by atomic mass is 79.9. The van der Waals surface area contributed by atoms with Crippen molar-refractivity contribution in [2.75, 3.05) is 0 Å². The quantitative estimate of drug-likeness (QED) is 0.894. The second kappa shape index (κ2) is 4.96. The lowest BCUT2D eigenvalue weighted by molar-refractivity contribution is -0.144. The third-order valence-corrected chi connectivity index (χ3v) is 4.50. The van der Waals surface area contributed by atoms with Gasteiger partial charge < -0.3 is 10.4 Å². The van der Waals surface area contributed by atoms with E-state index in [1.54, 1.807) is 19.1 Å². The first-order valence-electron chi connectivity index (χ1n) is 6.16. The third-order valence-electron chi connectivity index (χ3n) is 3.65. The second-order valence-corrected chi connectivity index (χ2v) is 6.05. The molecule has 1 aromatic carbocycles. The molecule has 1 saturated carbocycles. The largest absolute Gasteiger partial charge is 0.480 e. The Morgan fingerprint density at radius 1 is 1.42 bits per heavy atom. The van der Waals surface area contributed by atoms with Crippen molar-refractivity contribution in [3.8, 4) is 0 Å². The summed E-state index contributed by atoms with van der Waals surface area (Å²) in [6, 6.07) is 5.23. The molecule has 2 N–H and O–H groups in total. The average molecular weight is 326 g/mol. The van der Waals surface area contributed by atoms with E-state index < -0.39 is 11.5 Å². The van der Waals surface area contributed by atoms with Crippen LogP contribution < -0.4 is 5.32 Å². The number of halogens is 1. The van der Waals surface area contributed by atoms with Gasteiger partial charge in [0.05, 0.1) is 0 Å². The molecule has 1 aromatic rings. The molecule has 2 rings (SSSR count). The highest BCUT2D eigenvalue weighted by Gasteiger charge is 2.48. The number of carbonyl (C=O) groups is 2. The van der Waals surface area contributed by atoms with Gasteiger partial charge in [0, 0.05) is 10.0 Å². The van der Waals surface area contributed by atoms with E-state index >= 15 is 0 Å². The van der Waals surface area contributed by atoms with E-state index in [0.717, 1.165) is 22.9 Å². The van der Waals surface area contributed by atoms with Crippen molar-refractivity contribution in [3.05, 3.63) is 33.8 Å². The van der Waals surface area contributed by atoms with Gasteiger partial charge in [-0.2, -0.15) is 0 Å². The van der Waals surface area contributed by atoms with Crippen LogP contribution in [0.1, 0.15) is 35.7 Å². The van der Waals surface area contributed by atoms with Gasteiger partial charge in [-0.3, -0.25) is 4.79 Å². The van der Waals surface area contributed by atoms with Crippen molar-refractivity contribution < 1.29 is 14.7 Å². The minimum Gasteiger partial charge on any atom is -0.480 e. The third kappa shape index (κ3) is 2.81. The van der Waals surface area contributed by atoms with Gasteiger partial charge in [-0.15, -0.1) is 0 Å². The number of carboxylic acid groups (broad SMARTS) is 1. The van der Waals surface area contributed by atoms with E-state index in [0.29, 0.717) is 5.56 Å². The van der Waals surface area contributed by atoms with E-state index in [1.165, 1.54) is 0 Å². The summed E-state index contributed by atoms with van der Waals surface area (Å²) in [4.78, 5) is 23.5. The van der Waals surface area contributed by atoms with Crippen molar-refractivity contribution in [1.29, 1.82) is 0 Å². The molecule has 4 nitrogen and oxygen atoms in total. The molecule has 0 aliphatic heterocycles. The first kappa shape index (κ1) is 14.1. The topological polar surface area (TPSA) is 66.4 Å². The van der Waals surface area contributed by atoms with E-state index in [4.69, 9.17) is 0 Å². The first-order valence-corrected chi connectivity index (χ1v) is 6.96. The Morgan fingerprint density at radius 3 is 2.53 bits per heavy atom. The Hall–Kier alpha value is -1.36. The number of nitrogens with one attached hydrogen (secondary N) is 1. The zero-order valence-electron chi connectivity index (χ0n) is 10.9. The lowest BCUT2D eigenvalue weighted by atomic mass is 9.95. The Morgan fingerprint density at radius 2 is 2.05 bits per heavy atom. The number of hydrogen-bond acceptors (Lipinski definition) is 2. The molecule has 1 aliphatic rings. The molecule has 5 heteroatoms. The zero-order chi connectivity index (χ0) is 14.2. The van der Waals surface area contributed by atoms with Crippen LogP contribution in [0.5, 0.6) is 0 Å². The van der Waals surface area contributed by atoms with Crippen LogP contribution >= 0.6 is 15.9 Å². The van der Waals surface area contributed by atoms with Crippen LogP contribution in [0.4, 0.5) is 0 Å². The minimum absolute atomic E-state index is 0.0304. The Bertz CT molecular complexity index is 539. The summed E-state index contributed by atoms with van der Waals surface area (Å²) in [7, 11) is 0. The molecule has 0 bridgehead atoms. The fourth-order valence-electron chi connectivity index (χ4n) is 2.03. The maximum Gasteiger partial charge on any atom is 0.329 e. The highest BCUT2D eigenvalue weighted by Crippen LogP contribution is 2.39. The van der Waals surface area contributed by atoms with Gasteiger partial charge in [-0.05, 0) is 50.3 Å². The van der Waals surface area contributed by atoms with Crippen LogP contribution in [0.3, 0.4) is 0 Å².